The molecule has 124 valence electrons. The van der Waals surface area contributed by atoms with Gasteiger partial charge in [0, 0.05) is 38.0 Å². The van der Waals surface area contributed by atoms with E-state index in [4.69, 9.17) is 0 Å². The summed E-state index contributed by atoms with van der Waals surface area (Å²) < 4.78 is 23.8. The van der Waals surface area contributed by atoms with Crippen molar-refractivity contribution in [2.45, 2.75) is 43.0 Å². The molecule has 1 N–H and O–H groups in total. The van der Waals surface area contributed by atoms with Crippen LogP contribution < -0.4 is 5.32 Å². The maximum atomic E-state index is 11.9. The molecular formula is C15H31N3O2S. The van der Waals surface area contributed by atoms with Crippen molar-refractivity contribution in [2.24, 2.45) is 5.92 Å². The molecule has 0 aromatic heterocycles. The Labute approximate surface area is 130 Å². The number of nitrogens with one attached hydrogen (secondary N) is 1. The molecule has 0 bridgehead atoms. The van der Waals surface area contributed by atoms with Gasteiger partial charge in [0.05, 0.1) is 5.25 Å². The third kappa shape index (κ3) is 4.18. The third-order valence-corrected chi connectivity index (χ3v) is 7.07. The number of rotatable bonds is 4. The maximum Gasteiger partial charge on any atom is 0.150 e. The molecule has 0 spiro atoms. The van der Waals surface area contributed by atoms with Crippen molar-refractivity contribution in [3.8, 4) is 0 Å². The Morgan fingerprint density at radius 3 is 2.52 bits per heavy atom. The largest absolute Gasteiger partial charge is 0.315 e. The molecule has 1 saturated heterocycles. The average molecular weight is 317 g/mol. The van der Waals surface area contributed by atoms with Crippen molar-refractivity contribution in [1.82, 2.24) is 15.1 Å². The fourth-order valence-electron chi connectivity index (χ4n) is 4.07. The van der Waals surface area contributed by atoms with Gasteiger partial charge in [-0.1, -0.05) is 6.42 Å². The van der Waals surface area contributed by atoms with E-state index in [9.17, 15) is 8.42 Å². The highest BCUT2D eigenvalue weighted by molar-refractivity contribution is 7.91. The molecular weight excluding hydrogens is 286 g/mol. The summed E-state index contributed by atoms with van der Waals surface area (Å²) in [5.41, 5.74) is 0. The van der Waals surface area contributed by atoms with Crippen molar-refractivity contribution < 1.29 is 8.42 Å². The summed E-state index contributed by atoms with van der Waals surface area (Å²) in [5, 5.41) is 3.36. The van der Waals surface area contributed by atoms with Crippen LogP contribution in [0.2, 0.25) is 0 Å². The summed E-state index contributed by atoms with van der Waals surface area (Å²) >= 11 is 0. The van der Waals surface area contributed by atoms with Crippen LogP contribution in [-0.2, 0) is 9.84 Å². The number of hydrogen-bond donors (Lipinski definition) is 1. The van der Waals surface area contributed by atoms with Crippen molar-refractivity contribution in [2.75, 3.05) is 47.0 Å². The van der Waals surface area contributed by atoms with Gasteiger partial charge in [-0.2, -0.15) is 0 Å². The summed E-state index contributed by atoms with van der Waals surface area (Å²) in [4.78, 5) is 4.82. The minimum Gasteiger partial charge on any atom is -0.315 e. The van der Waals surface area contributed by atoms with Gasteiger partial charge in [0.2, 0.25) is 0 Å². The summed E-state index contributed by atoms with van der Waals surface area (Å²) in [7, 11) is 3.48. The Bertz CT molecular complexity index is 440. The molecule has 2 fully saturated rings. The first-order valence-corrected chi connectivity index (χ1v) is 10.0. The van der Waals surface area contributed by atoms with Gasteiger partial charge in [-0.3, -0.25) is 4.90 Å². The van der Waals surface area contributed by atoms with Crippen LogP contribution in [-0.4, -0.2) is 82.6 Å². The van der Waals surface area contributed by atoms with Crippen molar-refractivity contribution >= 4 is 9.84 Å². The SMILES string of the molecule is CNC(C1CCCC(S(C)(=O)=O)C1)C1CN(C)CCN1C. The Kier molecular flexibility index (Phi) is 5.68. The third-order valence-electron chi connectivity index (χ3n) is 5.43. The van der Waals surface area contributed by atoms with Crippen molar-refractivity contribution in [3.63, 3.8) is 0 Å². The monoisotopic (exact) mass is 317 g/mol. The van der Waals surface area contributed by atoms with Crippen molar-refractivity contribution in [1.29, 1.82) is 0 Å². The normalized spacial score (nSPS) is 34.8. The van der Waals surface area contributed by atoms with Crippen LogP contribution in [0.15, 0.2) is 0 Å². The topological polar surface area (TPSA) is 52.7 Å². The van der Waals surface area contributed by atoms with Crippen LogP contribution in [0.1, 0.15) is 25.7 Å². The quantitative estimate of drug-likeness (QED) is 0.815. The van der Waals surface area contributed by atoms with E-state index >= 15 is 0 Å². The molecule has 4 atom stereocenters. The van der Waals surface area contributed by atoms with Crippen LogP contribution in [0.5, 0.6) is 0 Å². The summed E-state index contributed by atoms with van der Waals surface area (Å²) in [6.45, 7) is 3.25. The van der Waals surface area contributed by atoms with Gasteiger partial charge in [-0.05, 0) is 46.3 Å². The molecule has 1 aliphatic carbocycles. The first-order chi connectivity index (χ1) is 9.82. The Balaban J connectivity index is 2.09. The highest BCUT2D eigenvalue weighted by Crippen LogP contribution is 2.32. The zero-order valence-corrected chi connectivity index (χ0v) is 14.7. The Morgan fingerprint density at radius 1 is 1.19 bits per heavy atom. The lowest BCUT2D eigenvalue weighted by atomic mass is 9.80. The second-order valence-corrected chi connectivity index (χ2v) is 9.33. The average Bonchev–Trinajstić information content (AvgIpc) is 2.43. The van der Waals surface area contributed by atoms with Gasteiger partial charge < -0.3 is 10.2 Å². The van der Waals surface area contributed by atoms with Crippen LogP contribution in [0, 0.1) is 5.92 Å². The molecule has 21 heavy (non-hydrogen) atoms. The molecule has 0 amide bonds. The van der Waals surface area contributed by atoms with Crippen LogP contribution in [0.4, 0.5) is 0 Å². The summed E-state index contributed by atoms with van der Waals surface area (Å²) in [5.74, 6) is 0.461. The van der Waals surface area contributed by atoms with E-state index in [1.807, 2.05) is 7.05 Å². The molecule has 2 aliphatic rings. The van der Waals surface area contributed by atoms with Gasteiger partial charge in [0.1, 0.15) is 9.84 Å². The molecule has 0 aromatic carbocycles. The Morgan fingerprint density at radius 2 is 1.90 bits per heavy atom. The number of sulfone groups is 1. The van der Waals surface area contributed by atoms with E-state index < -0.39 is 9.84 Å². The predicted molar refractivity (Wildman–Crippen MR) is 87.4 cm³/mol. The number of piperazine rings is 1. The highest BCUT2D eigenvalue weighted by atomic mass is 32.2. The second kappa shape index (κ2) is 6.94. The van der Waals surface area contributed by atoms with E-state index in [1.165, 1.54) is 6.26 Å². The van der Waals surface area contributed by atoms with Crippen molar-refractivity contribution in [3.05, 3.63) is 0 Å². The van der Waals surface area contributed by atoms with E-state index in [1.54, 1.807) is 0 Å². The standard InChI is InChI=1S/C15H31N3O2S/c1-16-15(14-11-17(2)8-9-18(14)3)12-6-5-7-13(10-12)21(4,19)20/h12-16H,5-11H2,1-4H3. The van der Waals surface area contributed by atoms with E-state index in [0.717, 1.165) is 45.3 Å². The molecule has 0 radical (unpaired) electrons. The minimum absolute atomic E-state index is 0.140. The first-order valence-electron chi connectivity index (χ1n) is 8.08. The van der Waals surface area contributed by atoms with Gasteiger partial charge in [0.15, 0.2) is 0 Å². The van der Waals surface area contributed by atoms with Gasteiger partial charge in [-0.15, -0.1) is 0 Å². The van der Waals surface area contributed by atoms with E-state index in [2.05, 4.69) is 29.2 Å². The van der Waals surface area contributed by atoms with Gasteiger partial charge in [0.25, 0.3) is 0 Å². The minimum atomic E-state index is -2.91. The summed E-state index contributed by atoms with van der Waals surface area (Å²) in [6, 6.07) is 0.847. The summed E-state index contributed by atoms with van der Waals surface area (Å²) in [6.07, 6.45) is 5.23. The second-order valence-electron chi connectivity index (χ2n) is 7.00. The molecule has 4 unspecified atom stereocenters. The number of likely N-dealkylation sites (N-methyl/N-ethyl adjacent to an activating group) is 3. The number of nitrogens with zero attached hydrogens (tertiary/aromatic N) is 2. The molecule has 2 rings (SSSR count). The molecule has 1 heterocycles. The number of hydrogen-bond acceptors (Lipinski definition) is 5. The lowest BCUT2D eigenvalue weighted by Crippen LogP contribution is -2.60. The van der Waals surface area contributed by atoms with E-state index in [-0.39, 0.29) is 5.25 Å². The van der Waals surface area contributed by atoms with Gasteiger partial charge in [-0.25, -0.2) is 8.42 Å². The zero-order chi connectivity index (χ0) is 15.6. The lowest BCUT2D eigenvalue weighted by Gasteiger charge is -2.46. The zero-order valence-electron chi connectivity index (χ0n) is 13.9. The maximum absolute atomic E-state index is 11.9. The first kappa shape index (κ1) is 17.2. The highest BCUT2D eigenvalue weighted by Gasteiger charge is 2.38. The van der Waals surface area contributed by atoms with Crippen LogP contribution in [0.25, 0.3) is 0 Å². The Hall–Kier alpha value is -0.170. The lowest BCUT2D eigenvalue weighted by molar-refractivity contribution is 0.0650. The van der Waals surface area contributed by atoms with Crippen LogP contribution in [0.3, 0.4) is 0 Å². The van der Waals surface area contributed by atoms with Crippen LogP contribution >= 0.6 is 0 Å². The fraction of sp³-hybridized carbons (Fsp3) is 1.00. The molecule has 1 saturated carbocycles. The smallest absolute Gasteiger partial charge is 0.150 e. The fourth-order valence-corrected chi connectivity index (χ4v) is 5.26. The molecule has 5 nitrogen and oxygen atoms in total. The molecule has 1 aliphatic heterocycles. The van der Waals surface area contributed by atoms with E-state index in [0.29, 0.717) is 18.0 Å². The predicted octanol–water partition coefficient (Wildman–Crippen LogP) is 0.424. The molecule has 0 aromatic rings. The molecule has 6 heteroatoms. The van der Waals surface area contributed by atoms with Gasteiger partial charge >= 0.3 is 0 Å².